The van der Waals surface area contributed by atoms with Crippen molar-refractivity contribution in [3.8, 4) is 0 Å². The zero-order chi connectivity index (χ0) is 7.28. The quantitative estimate of drug-likeness (QED) is 0.247. The molecule has 2 atom stereocenters. The predicted molar refractivity (Wildman–Crippen MR) is 30.9 cm³/mol. The molecule has 0 aliphatic rings. The fourth-order valence-electron chi connectivity index (χ4n) is 0.108. The summed E-state index contributed by atoms with van der Waals surface area (Å²) in [6.07, 6.45) is 0. The van der Waals surface area contributed by atoms with Crippen LogP contribution in [-0.4, -0.2) is 17.5 Å². The Morgan fingerprint density at radius 2 is 1.33 bits per heavy atom. The van der Waals surface area contributed by atoms with Gasteiger partial charge in [-0.1, -0.05) is 0 Å². The molecule has 5 N–H and O–H groups in total. The lowest BCUT2D eigenvalue weighted by Crippen LogP contribution is -2.44. The van der Waals surface area contributed by atoms with Crippen molar-refractivity contribution in [3.05, 3.63) is 0 Å². The number of hydrazine groups is 2. The highest BCUT2D eigenvalue weighted by Crippen LogP contribution is 1.55. The summed E-state index contributed by atoms with van der Waals surface area (Å²) in [5, 5.41) is 0. The Hall–Kier alpha value is 0.1000. The average Bonchev–Trinajstić information content (AvgIpc) is 1.63. The third-order valence-electron chi connectivity index (χ3n) is 0.277. The zero-order valence-corrected chi connectivity index (χ0v) is 5.66. The van der Waals surface area contributed by atoms with Crippen molar-refractivity contribution in [1.29, 1.82) is 0 Å². The maximum Gasteiger partial charge on any atom is 0.247 e. The van der Waals surface area contributed by atoms with Crippen molar-refractivity contribution in [1.82, 2.24) is 15.2 Å². The molecule has 0 rings (SSSR count). The minimum Gasteiger partial charge on any atom is -0.293 e. The second kappa shape index (κ2) is 4.93. The average molecular weight is 175 g/mol. The summed E-state index contributed by atoms with van der Waals surface area (Å²) in [4.78, 5) is 3.38. The number of rotatable bonds is 4. The van der Waals surface area contributed by atoms with Gasteiger partial charge in [-0.05, 0) is 0 Å². The van der Waals surface area contributed by atoms with Crippen LogP contribution in [0.25, 0.3) is 0 Å². The van der Waals surface area contributed by atoms with E-state index in [1.807, 2.05) is 0 Å². The first-order valence-electron chi connectivity index (χ1n) is 1.61. The first-order valence-corrected chi connectivity index (χ1v) is 3.82. The molecule has 56 valence electrons. The van der Waals surface area contributed by atoms with Crippen LogP contribution >= 0.6 is 0 Å². The largest absolute Gasteiger partial charge is 0.293 e. The first-order chi connectivity index (χ1) is 4.13. The van der Waals surface area contributed by atoms with Gasteiger partial charge >= 0.3 is 0 Å². The van der Waals surface area contributed by atoms with E-state index < -0.39 is 22.5 Å². The molecule has 0 aromatic heterocycles. The Morgan fingerprint density at radius 1 is 1.00 bits per heavy atom. The van der Waals surface area contributed by atoms with E-state index in [0.717, 1.165) is 0 Å². The normalized spacial score (nSPS) is 17.1. The molecule has 0 fully saturated rings. The van der Waals surface area contributed by atoms with Crippen molar-refractivity contribution in [3.63, 3.8) is 0 Å². The fraction of sp³-hybridized carbons (Fsp3) is 0. The third kappa shape index (κ3) is 8.10. The van der Waals surface area contributed by atoms with Crippen LogP contribution in [-0.2, 0) is 22.5 Å². The lowest BCUT2D eigenvalue weighted by atomic mass is 12.6. The standard InChI is InChI=1S/H5N3O4S2/c4-8(5)2-1-3-9(6)7/h1-3H,(H,4,5)(H,6,7). The summed E-state index contributed by atoms with van der Waals surface area (Å²) >= 11 is -4.50. The number of hydrogen-bond donors (Lipinski definition) is 5. The molecule has 0 radical (unpaired) electrons. The summed E-state index contributed by atoms with van der Waals surface area (Å²) in [6.45, 7) is 0. The molecular formula is H5N3O4S2. The van der Waals surface area contributed by atoms with Gasteiger partial charge in [-0.3, -0.25) is 9.11 Å². The molecule has 2 unspecified atom stereocenters. The van der Waals surface area contributed by atoms with Gasteiger partial charge in [0.05, 0.1) is 0 Å². The van der Waals surface area contributed by atoms with Crippen LogP contribution in [0, 0.1) is 0 Å². The van der Waals surface area contributed by atoms with E-state index >= 15 is 0 Å². The van der Waals surface area contributed by atoms with Crippen LogP contribution in [0.2, 0.25) is 0 Å². The Bertz CT molecular complexity index is 109. The molecule has 0 saturated carbocycles. The highest BCUT2D eigenvalue weighted by molar-refractivity contribution is 7.77. The summed E-state index contributed by atoms with van der Waals surface area (Å²) in [5.74, 6) is 0. The molecule has 7 nitrogen and oxygen atoms in total. The lowest BCUT2D eigenvalue weighted by molar-refractivity contribution is 0.498. The van der Waals surface area contributed by atoms with Crippen LogP contribution in [0.1, 0.15) is 0 Å². The van der Waals surface area contributed by atoms with Gasteiger partial charge in [0.1, 0.15) is 0 Å². The van der Waals surface area contributed by atoms with E-state index in [0.29, 0.717) is 0 Å². The lowest BCUT2D eigenvalue weighted by Gasteiger charge is -1.98. The van der Waals surface area contributed by atoms with Gasteiger partial charge in [0.25, 0.3) is 0 Å². The Balaban J connectivity index is 3.10. The highest BCUT2D eigenvalue weighted by atomic mass is 32.2. The topological polar surface area (TPSA) is 111 Å². The third-order valence-corrected chi connectivity index (χ3v) is 0.830. The summed E-state index contributed by atoms with van der Waals surface area (Å²) in [5.41, 5.74) is 1.78. The molecule has 0 aliphatic heterocycles. The van der Waals surface area contributed by atoms with E-state index in [9.17, 15) is 8.42 Å². The van der Waals surface area contributed by atoms with Gasteiger partial charge < -0.3 is 0 Å². The van der Waals surface area contributed by atoms with Crippen LogP contribution in [0.15, 0.2) is 0 Å². The van der Waals surface area contributed by atoms with Crippen LogP contribution in [0.4, 0.5) is 0 Å². The molecule has 0 bridgehead atoms. The molecule has 0 amide bonds. The molecule has 0 saturated heterocycles. The van der Waals surface area contributed by atoms with Gasteiger partial charge in [-0.25, -0.2) is 8.42 Å². The minimum atomic E-state index is -2.25. The van der Waals surface area contributed by atoms with Gasteiger partial charge in [-0.15, -0.1) is 9.66 Å². The summed E-state index contributed by atoms with van der Waals surface area (Å²) < 4.78 is 35.3. The summed E-state index contributed by atoms with van der Waals surface area (Å²) in [6, 6.07) is 0. The molecule has 9 heteroatoms. The van der Waals surface area contributed by atoms with Gasteiger partial charge in [0, 0.05) is 0 Å². The van der Waals surface area contributed by atoms with Gasteiger partial charge in [0.15, 0.2) is 0 Å². The monoisotopic (exact) mass is 175 g/mol. The highest BCUT2D eigenvalue weighted by Gasteiger charge is 1.90. The smallest absolute Gasteiger partial charge is 0.247 e. The van der Waals surface area contributed by atoms with Crippen molar-refractivity contribution in [2.75, 3.05) is 0 Å². The molecule has 9 heavy (non-hydrogen) atoms. The summed E-state index contributed by atoms with van der Waals surface area (Å²) in [7, 11) is 0. The second-order valence-electron chi connectivity index (χ2n) is 0.827. The Labute approximate surface area is 56.0 Å². The molecule has 0 aromatic carbocycles. The van der Waals surface area contributed by atoms with Crippen LogP contribution < -0.4 is 15.2 Å². The van der Waals surface area contributed by atoms with Gasteiger partial charge in [0.2, 0.25) is 22.5 Å². The van der Waals surface area contributed by atoms with Crippen LogP contribution in [0.3, 0.4) is 0 Å². The molecule has 0 aromatic rings. The number of hydrogen-bond acceptors (Lipinski definition) is 3. The fourth-order valence-corrected chi connectivity index (χ4v) is 0.449. The first kappa shape index (κ1) is 9.10. The Morgan fingerprint density at radius 3 is 1.56 bits per heavy atom. The maximum absolute atomic E-state index is 9.70. The van der Waals surface area contributed by atoms with E-state index in [4.69, 9.17) is 9.11 Å². The molecule has 0 spiro atoms. The predicted octanol–water partition coefficient (Wildman–Crippen LogP) is -2.14. The minimum absolute atomic E-state index is 1.69. The Kier molecular flexibility index (Phi) is 4.99. The van der Waals surface area contributed by atoms with Crippen molar-refractivity contribution in [2.45, 2.75) is 0 Å². The van der Waals surface area contributed by atoms with Crippen molar-refractivity contribution < 1.29 is 17.5 Å². The number of nitrogens with one attached hydrogen (secondary N) is 3. The van der Waals surface area contributed by atoms with E-state index in [-0.39, 0.29) is 0 Å². The van der Waals surface area contributed by atoms with Crippen molar-refractivity contribution in [2.24, 2.45) is 0 Å². The molecule has 0 aliphatic carbocycles. The van der Waals surface area contributed by atoms with Crippen LogP contribution in [0.5, 0.6) is 0 Å². The zero-order valence-electron chi connectivity index (χ0n) is 4.03. The maximum atomic E-state index is 9.70. The van der Waals surface area contributed by atoms with Gasteiger partial charge in [-0.2, -0.15) is 5.53 Å². The van der Waals surface area contributed by atoms with Crippen molar-refractivity contribution >= 4 is 22.5 Å². The second-order valence-corrected chi connectivity index (χ2v) is 2.23. The van der Waals surface area contributed by atoms with E-state index in [1.54, 1.807) is 15.2 Å². The van der Waals surface area contributed by atoms with E-state index in [2.05, 4.69) is 0 Å². The van der Waals surface area contributed by atoms with E-state index in [1.165, 1.54) is 0 Å². The SMILES string of the molecule is O=S(O)NNNS(=O)O. The molecular weight excluding hydrogens is 170 g/mol. The molecule has 0 heterocycles.